The van der Waals surface area contributed by atoms with Gasteiger partial charge in [-0.1, -0.05) is 128 Å². The lowest BCUT2D eigenvalue weighted by atomic mass is 10.00. The van der Waals surface area contributed by atoms with Crippen molar-refractivity contribution in [3.8, 4) is 0 Å². The average Bonchev–Trinajstić information content (AvgIpc) is 3.13. The van der Waals surface area contributed by atoms with Crippen LogP contribution in [0.15, 0.2) is 66.3 Å². The SMILES string of the molecule is C/C=C\C(=C/C)CC(CC)N1C(=O)C(Cc2ccc3ccccc3c2)N(S)C1=O.CC.CC.CC. The molecule has 0 bridgehead atoms. The molecule has 1 aliphatic heterocycles. The largest absolute Gasteiger partial charge is 0.337 e. The molecule has 0 spiro atoms. The molecule has 2 aromatic carbocycles. The van der Waals surface area contributed by atoms with Gasteiger partial charge in [0.2, 0.25) is 0 Å². The first-order valence-corrected chi connectivity index (χ1v) is 13.5. The number of thiol groups is 1. The number of fused-ring (bicyclic) bond motifs is 1. The zero-order valence-electron chi connectivity index (χ0n) is 23.2. The molecule has 0 radical (unpaired) electrons. The molecule has 3 rings (SSSR count). The Bertz CT molecular complexity index is 968. The van der Waals surface area contributed by atoms with Crippen molar-refractivity contribution in [2.24, 2.45) is 0 Å². The molecular weight excluding hydrogens is 452 g/mol. The van der Waals surface area contributed by atoms with E-state index in [0.717, 1.165) is 21.9 Å². The molecule has 4 nitrogen and oxygen atoms in total. The number of rotatable bonds is 7. The van der Waals surface area contributed by atoms with Crippen LogP contribution >= 0.6 is 12.8 Å². The number of carbonyl (C=O) groups excluding carboxylic acids is 2. The Labute approximate surface area is 219 Å². The molecule has 1 heterocycles. The van der Waals surface area contributed by atoms with Gasteiger partial charge in [-0.25, -0.2) is 4.79 Å². The molecular formula is C30H46N2O2S. The number of hydrogen-bond acceptors (Lipinski definition) is 3. The van der Waals surface area contributed by atoms with E-state index in [0.29, 0.717) is 19.3 Å². The summed E-state index contributed by atoms with van der Waals surface area (Å²) in [7, 11) is 0. The number of benzene rings is 2. The maximum atomic E-state index is 13.2. The van der Waals surface area contributed by atoms with Crippen LogP contribution in [-0.2, 0) is 11.2 Å². The standard InChI is InChI=1S/C24H28N2O2S.3C2H6/c1-4-9-17(5-2)15-21(6-3)25-23(27)22(26(29)24(25)28)16-18-12-13-19-10-7-8-11-20(19)14-18;3*1-2/h4-5,7-14,21-22,29H,6,15-16H2,1-3H3;3*1-2H3/b9-4-,17-5+;;;. The summed E-state index contributed by atoms with van der Waals surface area (Å²) in [6, 6.07) is 13.2. The monoisotopic (exact) mass is 498 g/mol. The lowest BCUT2D eigenvalue weighted by Crippen LogP contribution is -2.41. The van der Waals surface area contributed by atoms with Crippen molar-refractivity contribution in [1.29, 1.82) is 0 Å². The topological polar surface area (TPSA) is 40.6 Å². The van der Waals surface area contributed by atoms with Gasteiger partial charge in [-0.3, -0.25) is 14.0 Å². The first-order valence-electron chi connectivity index (χ1n) is 13.1. The van der Waals surface area contributed by atoms with Crippen LogP contribution in [0.3, 0.4) is 0 Å². The third-order valence-corrected chi connectivity index (χ3v) is 5.97. The molecule has 5 heteroatoms. The van der Waals surface area contributed by atoms with E-state index in [1.165, 1.54) is 9.21 Å². The highest BCUT2D eigenvalue weighted by molar-refractivity contribution is 7.78. The van der Waals surface area contributed by atoms with Gasteiger partial charge in [0.05, 0.1) is 0 Å². The second-order valence-electron chi connectivity index (χ2n) is 7.37. The van der Waals surface area contributed by atoms with Gasteiger partial charge in [0.25, 0.3) is 5.91 Å². The fourth-order valence-corrected chi connectivity index (χ4v) is 4.17. The van der Waals surface area contributed by atoms with Gasteiger partial charge in [0, 0.05) is 12.5 Å². The summed E-state index contributed by atoms with van der Waals surface area (Å²) in [5.74, 6) is -0.166. The summed E-state index contributed by atoms with van der Waals surface area (Å²) in [5.41, 5.74) is 2.13. The van der Waals surface area contributed by atoms with Gasteiger partial charge in [0.15, 0.2) is 0 Å². The minimum absolute atomic E-state index is 0.166. The van der Waals surface area contributed by atoms with Crippen molar-refractivity contribution in [1.82, 2.24) is 9.21 Å². The molecule has 194 valence electrons. The zero-order chi connectivity index (χ0) is 27.0. The summed E-state index contributed by atoms with van der Waals surface area (Å²) < 4.78 is 1.30. The highest BCUT2D eigenvalue weighted by Gasteiger charge is 2.46. The number of hydrogen-bond donors (Lipinski definition) is 1. The lowest BCUT2D eigenvalue weighted by Gasteiger charge is -2.25. The molecule has 0 aromatic heterocycles. The Morgan fingerprint density at radius 2 is 1.57 bits per heavy atom. The molecule has 3 amide bonds. The summed E-state index contributed by atoms with van der Waals surface area (Å²) in [6.07, 6.45) is 7.84. The van der Waals surface area contributed by atoms with Crippen LogP contribution < -0.4 is 0 Å². The van der Waals surface area contributed by atoms with Crippen LogP contribution in [-0.4, -0.2) is 33.2 Å². The number of imide groups is 1. The molecule has 2 atom stereocenters. The molecule has 1 fully saturated rings. The Morgan fingerprint density at radius 3 is 2.11 bits per heavy atom. The van der Waals surface area contributed by atoms with E-state index >= 15 is 0 Å². The molecule has 35 heavy (non-hydrogen) atoms. The van der Waals surface area contributed by atoms with Crippen LogP contribution in [0.1, 0.15) is 80.7 Å². The summed E-state index contributed by atoms with van der Waals surface area (Å²) in [5, 5.41) is 2.28. The molecule has 2 unspecified atom stereocenters. The van der Waals surface area contributed by atoms with Crippen molar-refractivity contribution >= 4 is 35.5 Å². The van der Waals surface area contributed by atoms with Crippen molar-refractivity contribution in [2.75, 3.05) is 0 Å². The quantitative estimate of drug-likeness (QED) is 0.236. The van der Waals surface area contributed by atoms with Crippen LogP contribution in [0.4, 0.5) is 4.79 Å². The normalized spacial score (nSPS) is 16.3. The van der Waals surface area contributed by atoms with Gasteiger partial charge in [0.1, 0.15) is 6.04 Å². The number of nitrogens with zero attached hydrogens (tertiary/aromatic N) is 2. The predicted octanol–water partition coefficient (Wildman–Crippen LogP) is 8.63. The fraction of sp³-hybridized carbons (Fsp3) is 0.467. The van der Waals surface area contributed by atoms with Gasteiger partial charge in [-0.05, 0) is 43.0 Å². The highest BCUT2D eigenvalue weighted by atomic mass is 32.1. The van der Waals surface area contributed by atoms with Gasteiger partial charge in [-0.2, -0.15) is 0 Å². The maximum Gasteiger partial charge on any atom is 0.337 e. The first kappa shape index (κ1) is 32.5. The van der Waals surface area contributed by atoms with E-state index in [9.17, 15) is 9.59 Å². The minimum Gasteiger partial charge on any atom is -0.272 e. The second-order valence-corrected chi connectivity index (χ2v) is 7.80. The third kappa shape index (κ3) is 8.57. The number of allylic oxidation sites excluding steroid dienone is 3. The number of amides is 3. The molecule has 2 aromatic rings. The predicted molar refractivity (Wildman–Crippen MR) is 156 cm³/mol. The molecule has 0 aliphatic carbocycles. The molecule has 0 saturated carbocycles. The zero-order valence-corrected chi connectivity index (χ0v) is 24.1. The first-order chi connectivity index (χ1) is 17.0. The van der Waals surface area contributed by atoms with Gasteiger partial charge in [-0.15, -0.1) is 0 Å². The van der Waals surface area contributed by atoms with Gasteiger partial charge < -0.3 is 0 Å². The van der Waals surface area contributed by atoms with Crippen molar-refractivity contribution < 1.29 is 9.59 Å². The van der Waals surface area contributed by atoms with Crippen LogP contribution in [0.25, 0.3) is 10.8 Å². The Hall–Kier alpha value is -2.53. The summed E-state index contributed by atoms with van der Waals surface area (Å²) in [6.45, 7) is 17.9. The van der Waals surface area contributed by atoms with Crippen molar-refractivity contribution in [3.05, 3.63) is 71.8 Å². The summed E-state index contributed by atoms with van der Waals surface area (Å²) >= 11 is 4.39. The van der Waals surface area contributed by atoms with Crippen molar-refractivity contribution in [3.63, 3.8) is 0 Å². The number of carbonyl (C=O) groups is 2. The van der Waals surface area contributed by atoms with Crippen LogP contribution in [0.2, 0.25) is 0 Å². The molecule has 1 saturated heterocycles. The van der Waals surface area contributed by atoms with E-state index in [-0.39, 0.29) is 18.0 Å². The highest BCUT2D eigenvalue weighted by Crippen LogP contribution is 2.29. The lowest BCUT2D eigenvalue weighted by molar-refractivity contribution is -0.129. The Morgan fingerprint density at radius 1 is 0.971 bits per heavy atom. The third-order valence-electron chi connectivity index (χ3n) is 5.52. The Kier molecular flexibility index (Phi) is 16.5. The summed E-state index contributed by atoms with van der Waals surface area (Å²) in [4.78, 5) is 27.5. The van der Waals surface area contributed by atoms with Crippen molar-refractivity contribution in [2.45, 2.75) is 93.7 Å². The second kappa shape index (κ2) is 17.8. The van der Waals surface area contributed by atoms with E-state index in [4.69, 9.17) is 0 Å². The minimum atomic E-state index is -0.586. The van der Waals surface area contributed by atoms with E-state index in [1.807, 2.05) is 98.7 Å². The van der Waals surface area contributed by atoms with Gasteiger partial charge >= 0.3 is 6.03 Å². The fourth-order valence-electron chi connectivity index (χ4n) is 3.89. The van der Waals surface area contributed by atoms with E-state index in [1.54, 1.807) is 0 Å². The number of urea groups is 1. The van der Waals surface area contributed by atoms with E-state index < -0.39 is 6.04 Å². The molecule has 1 aliphatic rings. The van der Waals surface area contributed by atoms with Crippen LogP contribution in [0, 0.1) is 0 Å². The Balaban J connectivity index is 0.00000179. The maximum absolute atomic E-state index is 13.2. The smallest absolute Gasteiger partial charge is 0.272 e. The van der Waals surface area contributed by atoms with Crippen LogP contribution in [0.5, 0.6) is 0 Å². The molecule has 0 N–H and O–H groups in total. The van der Waals surface area contributed by atoms with E-state index in [2.05, 4.69) is 37.1 Å². The average molecular weight is 499 g/mol.